The van der Waals surface area contributed by atoms with Gasteiger partial charge in [-0.25, -0.2) is 0 Å². The van der Waals surface area contributed by atoms with E-state index in [1.807, 2.05) is 59.5 Å². The SMILES string of the molecule is COc1cccc(C(=O)[C@@H]2[C@@H](C(=O)c3ccc([N+](=O)[O-])cc3)N3c4ccccc4C=C[C@@H]3[C@@]23C(=O)Nc2ccccc23)c1. The Hall–Kier alpha value is -5.57. The molecule has 4 aromatic carbocycles. The van der Waals surface area contributed by atoms with Crippen molar-refractivity contribution in [1.82, 2.24) is 0 Å². The number of fused-ring (bicyclic) bond motifs is 6. The molecular weight excluding hydrogens is 546 g/mol. The van der Waals surface area contributed by atoms with E-state index in [0.717, 1.165) is 5.56 Å². The van der Waals surface area contributed by atoms with Crippen LogP contribution in [0.2, 0.25) is 0 Å². The molecule has 43 heavy (non-hydrogen) atoms. The van der Waals surface area contributed by atoms with Crippen molar-refractivity contribution >= 4 is 40.6 Å². The van der Waals surface area contributed by atoms with Gasteiger partial charge in [0.15, 0.2) is 11.6 Å². The maximum absolute atomic E-state index is 14.8. The average Bonchev–Trinajstić information content (AvgIpc) is 3.52. The Morgan fingerprint density at radius 3 is 2.42 bits per heavy atom. The summed E-state index contributed by atoms with van der Waals surface area (Å²) in [6, 6.07) is 25.1. The van der Waals surface area contributed by atoms with Crippen LogP contribution in [0.3, 0.4) is 0 Å². The molecule has 3 aliphatic rings. The molecule has 3 heterocycles. The van der Waals surface area contributed by atoms with Gasteiger partial charge in [0.25, 0.3) is 5.69 Å². The first-order valence-electron chi connectivity index (χ1n) is 13.8. The van der Waals surface area contributed by atoms with Crippen molar-refractivity contribution in [2.75, 3.05) is 17.3 Å². The molecule has 1 saturated heterocycles. The summed E-state index contributed by atoms with van der Waals surface area (Å²) < 4.78 is 5.40. The van der Waals surface area contributed by atoms with Gasteiger partial charge in [-0.15, -0.1) is 0 Å². The van der Waals surface area contributed by atoms with E-state index in [-0.39, 0.29) is 22.9 Å². The summed E-state index contributed by atoms with van der Waals surface area (Å²) >= 11 is 0. The molecule has 0 bridgehead atoms. The monoisotopic (exact) mass is 571 g/mol. The normalized spacial score (nSPS) is 22.9. The van der Waals surface area contributed by atoms with Crippen LogP contribution in [-0.2, 0) is 10.2 Å². The third-order valence-electron chi connectivity index (χ3n) is 8.81. The van der Waals surface area contributed by atoms with Crippen molar-refractivity contribution in [1.29, 1.82) is 0 Å². The first-order valence-corrected chi connectivity index (χ1v) is 13.8. The number of methoxy groups -OCH3 is 1. The molecular formula is C34H25N3O6. The molecule has 9 nitrogen and oxygen atoms in total. The van der Waals surface area contributed by atoms with Crippen molar-refractivity contribution in [3.05, 3.63) is 136 Å². The zero-order valence-corrected chi connectivity index (χ0v) is 23.0. The maximum Gasteiger partial charge on any atom is 0.269 e. The molecule has 0 unspecified atom stereocenters. The van der Waals surface area contributed by atoms with Crippen LogP contribution >= 0.6 is 0 Å². The highest BCUT2D eigenvalue weighted by Gasteiger charge is 2.70. The van der Waals surface area contributed by atoms with Gasteiger partial charge in [-0.2, -0.15) is 0 Å². The molecule has 9 heteroatoms. The number of nitro groups is 1. The fourth-order valence-corrected chi connectivity index (χ4v) is 6.99. The molecule has 1 amide bonds. The maximum atomic E-state index is 14.8. The molecule has 1 fully saturated rings. The predicted octanol–water partition coefficient (Wildman–Crippen LogP) is 5.46. The number of para-hydroxylation sites is 2. The number of benzene rings is 4. The van der Waals surface area contributed by atoms with Crippen LogP contribution in [0.5, 0.6) is 5.75 Å². The zero-order chi connectivity index (χ0) is 29.9. The summed E-state index contributed by atoms with van der Waals surface area (Å²) in [6.07, 6.45) is 3.83. The van der Waals surface area contributed by atoms with Gasteiger partial charge in [0, 0.05) is 34.6 Å². The van der Waals surface area contributed by atoms with E-state index in [0.29, 0.717) is 28.3 Å². The van der Waals surface area contributed by atoms with Crippen molar-refractivity contribution < 1.29 is 24.0 Å². The quantitative estimate of drug-likeness (QED) is 0.185. The Balaban J connectivity index is 1.51. The summed E-state index contributed by atoms with van der Waals surface area (Å²) in [5.41, 5.74) is 1.68. The minimum absolute atomic E-state index is 0.156. The summed E-state index contributed by atoms with van der Waals surface area (Å²) in [6.45, 7) is 0. The lowest BCUT2D eigenvalue weighted by molar-refractivity contribution is -0.384. The molecule has 0 aromatic heterocycles. The number of carbonyl (C=O) groups is 3. The summed E-state index contributed by atoms with van der Waals surface area (Å²) in [7, 11) is 1.50. The van der Waals surface area contributed by atoms with E-state index >= 15 is 0 Å². The highest BCUT2D eigenvalue weighted by atomic mass is 16.6. The summed E-state index contributed by atoms with van der Waals surface area (Å²) in [5.74, 6) is -1.86. The highest BCUT2D eigenvalue weighted by molar-refractivity contribution is 6.18. The molecule has 1 spiro atoms. The second-order valence-corrected chi connectivity index (χ2v) is 10.8. The molecule has 1 N–H and O–H groups in total. The van der Waals surface area contributed by atoms with Crippen molar-refractivity contribution in [2.24, 2.45) is 5.92 Å². The topological polar surface area (TPSA) is 119 Å². The predicted molar refractivity (Wildman–Crippen MR) is 161 cm³/mol. The van der Waals surface area contributed by atoms with Gasteiger partial charge in [-0.05, 0) is 47.5 Å². The Morgan fingerprint density at radius 1 is 0.907 bits per heavy atom. The van der Waals surface area contributed by atoms with Gasteiger partial charge >= 0.3 is 0 Å². The van der Waals surface area contributed by atoms with Gasteiger partial charge < -0.3 is 15.0 Å². The minimum atomic E-state index is -1.46. The number of nitro benzene ring substituents is 1. The van der Waals surface area contributed by atoms with Crippen LogP contribution in [0.15, 0.2) is 103 Å². The Kier molecular flexibility index (Phi) is 5.98. The molecule has 0 aliphatic carbocycles. The lowest BCUT2D eigenvalue weighted by atomic mass is 9.64. The van der Waals surface area contributed by atoms with E-state index in [2.05, 4.69) is 5.32 Å². The van der Waals surface area contributed by atoms with Crippen LogP contribution in [0, 0.1) is 16.0 Å². The number of ether oxygens (including phenoxy) is 1. The van der Waals surface area contributed by atoms with Crippen LogP contribution in [0.25, 0.3) is 6.08 Å². The average molecular weight is 572 g/mol. The van der Waals surface area contributed by atoms with Crippen LogP contribution in [0.4, 0.5) is 17.1 Å². The molecule has 7 rings (SSSR count). The van der Waals surface area contributed by atoms with Crippen LogP contribution < -0.4 is 15.0 Å². The number of Topliss-reactive ketones (excluding diaryl/α,β-unsaturated/α-hetero) is 2. The van der Waals surface area contributed by atoms with E-state index in [1.165, 1.54) is 31.4 Å². The van der Waals surface area contributed by atoms with Gasteiger partial charge in [-0.3, -0.25) is 24.5 Å². The first kappa shape index (κ1) is 26.3. The molecule has 0 saturated carbocycles. The van der Waals surface area contributed by atoms with E-state index in [9.17, 15) is 24.5 Å². The number of anilines is 2. The third-order valence-corrected chi connectivity index (χ3v) is 8.81. The Labute approximate surface area is 246 Å². The van der Waals surface area contributed by atoms with E-state index in [4.69, 9.17) is 4.74 Å². The van der Waals surface area contributed by atoms with E-state index in [1.54, 1.807) is 30.3 Å². The fourth-order valence-electron chi connectivity index (χ4n) is 6.99. The van der Waals surface area contributed by atoms with Gasteiger partial charge in [0.05, 0.1) is 24.0 Å². The number of hydrogen-bond donors (Lipinski definition) is 1. The second kappa shape index (κ2) is 9.77. The first-order chi connectivity index (χ1) is 20.9. The smallest absolute Gasteiger partial charge is 0.269 e. The minimum Gasteiger partial charge on any atom is -0.497 e. The lowest BCUT2D eigenvalue weighted by Gasteiger charge is -2.37. The molecule has 3 aliphatic heterocycles. The summed E-state index contributed by atoms with van der Waals surface area (Å²) in [5, 5.41) is 14.3. The third kappa shape index (κ3) is 3.74. The Bertz CT molecular complexity index is 1870. The number of nitrogens with zero attached hydrogens (tertiary/aromatic N) is 2. The number of non-ortho nitro benzene ring substituents is 1. The van der Waals surface area contributed by atoms with E-state index < -0.39 is 34.1 Å². The second-order valence-electron chi connectivity index (χ2n) is 10.8. The van der Waals surface area contributed by atoms with Crippen LogP contribution in [0.1, 0.15) is 31.8 Å². The zero-order valence-electron chi connectivity index (χ0n) is 23.0. The van der Waals surface area contributed by atoms with Crippen LogP contribution in [-0.4, -0.2) is 41.6 Å². The molecule has 4 aromatic rings. The van der Waals surface area contributed by atoms with Gasteiger partial charge in [0.1, 0.15) is 17.2 Å². The number of amides is 1. The molecule has 4 atom stereocenters. The number of rotatable bonds is 6. The molecule has 0 radical (unpaired) electrons. The number of hydrogen-bond acceptors (Lipinski definition) is 7. The number of carbonyl (C=O) groups excluding carboxylic acids is 3. The summed E-state index contributed by atoms with van der Waals surface area (Å²) in [4.78, 5) is 56.6. The largest absolute Gasteiger partial charge is 0.497 e. The van der Waals surface area contributed by atoms with Crippen molar-refractivity contribution in [3.63, 3.8) is 0 Å². The van der Waals surface area contributed by atoms with Gasteiger partial charge in [-0.1, -0.05) is 60.7 Å². The lowest BCUT2D eigenvalue weighted by Crippen LogP contribution is -2.51. The Morgan fingerprint density at radius 2 is 1.65 bits per heavy atom. The molecule has 212 valence electrons. The van der Waals surface area contributed by atoms with Gasteiger partial charge in [0.2, 0.25) is 5.91 Å². The number of nitrogens with one attached hydrogen (secondary N) is 1. The standard InChI is InChI=1S/C34H25N3O6/c1-43-24-9-6-8-22(19-24)31(38)29-30(32(39)21-13-16-23(17-14-21)37(41)42)36-27-12-5-2-7-20(27)15-18-28(36)34(29)25-10-3-4-11-26(25)35-33(34)40/h2-19,28-30H,1H3,(H,35,40)/t28-,29+,30+,34-/m1/s1. The fraction of sp³-hybridized carbons (Fsp3) is 0.147. The van der Waals surface area contributed by atoms with Crippen molar-refractivity contribution in [2.45, 2.75) is 17.5 Å². The number of ketones is 2. The van der Waals surface area contributed by atoms with Crippen molar-refractivity contribution in [3.8, 4) is 5.75 Å². The highest BCUT2D eigenvalue weighted by Crippen LogP contribution is 2.58.